The van der Waals surface area contributed by atoms with Gasteiger partial charge < -0.3 is 4.57 Å². The fraction of sp³-hybridized carbons (Fsp3) is 0.208. The van der Waals surface area contributed by atoms with Crippen molar-refractivity contribution in [2.45, 2.75) is 32.7 Å². The third-order valence-electron chi connectivity index (χ3n) is 5.20. The zero-order chi connectivity index (χ0) is 18.1. The summed E-state index contributed by atoms with van der Waals surface area (Å²) >= 11 is 0. The second-order valence-corrected chi connectivity index (χ2v) is 6.96. The molecule has 0 N–H and O–H groups in total. The lowest BCUT2D eigenvalue weighted by atomic mass is 9.97. The molecular weight excluding hydrogens is 318 g/mol. The summed E-state index contributed by atoms with van der Waals surface area (Å²) in [5, 5.41) is 3.15. The molecular formula is C24H23NO. The SMILES string of the molecule is CCCC(C)n1cc(C(=O)c2cccc3ccccc23)c2ccccc21. The van der Waals surface area contributed by atoms with Crippen LogP contribution in [-0.2, 0) is 0 Å². The van der Waals surface area contributed by atoms with Gasteiger partial charge in [0, 0.05) is 34.3 Å². The summed E-state index contributed by atoms with van der Waals surface area (Å²) in [6, 6.07) is 22.6. The van der Waals surface area contributed by atoms with Gasteiger partial charge in [-0.15, -0.1) is 0 Å². The van der Waals surface area contributed by atoms with Crippen LogP contribution in [-0.4, -0.2) is 10.4 Å². The van der Waals surface area contributed by atoms with Crippen LogP contribution < -0.4 is 0 Å². The molecule has 0 aliphatic heterocycles. The zero-order valence-electron chi connectivity index (χ0n) is 15.3. The van der Waals surface area contributed by atoms with Crippen LogP contribution in [0.15, 0.2) is 72.9 Å². The van der Waals surface area contributed by atoms with Crippen molar-refractivity contribution < 1.29 is 4.79 Å². The summed E-state index contributed by atoms with van der Waals surface area (Å²) in [7, 11) is 0. The Hall–Kier alpha value is -2.87. The number of carbonyl (C=O) groups excluding carboxylic acids is 1. The number of ketones is 1. The number of carbonyl (C=O) groups is 1. The number of hydrogen-bond donors (Lipinski definition) is 0. The normalized spacial score (nSPS) is 12.5. The van der Waals surface area contributed by atoms with Crippen molar-refractivity contribution in [3.8, 4) is 0 Å². The summed E-state index contributed by atoms with van der Waals surface area (Å²) in [5.74, 6) is 0.0976. The van der Waals surface area contributed by atoms with Crippen LogP contribution >= 0.6 is 0 Å². The largest absolute Gasteiger partial charge is 0.344 e. The summed E-state index contributed by atoms with van der Waals surface area (Å²) in [6.45, 7) is 4.42. The van der Waals surface area contributed by atoms with Crippen LogP contribution in [0.2, 0.25) is 0 Å². The molecule has 3 aromatic carbocycles. The van der Waals surface area contributed by atoms with Gasteiger partial charge in [-0.05, 0) is 30.2 Å². The summed E-state index contributed by atoms with van der Waals surface area (Å²) in [5.41, 5.74) is 2.70. The minimum absolute atomic E-state index is 0.0976. The zero-order valence-corrected chi connectivity index (χ0v) is 15.3. The van der Waals surface area contributed by atoms with Gasteiger partial charge in [0.05, 0.1) is 0 Å². The van der Waals surface area contributed by atoms with Gasteiger partial charge in [0.25, 0.3) is 0 Å². The van der Waals surface area contributed by atoms with E-state index in [9.17, 15) is 4.79 Å². The molecule has 4 aromatic rings. The van der Waals surface area contributed by atoms with E-state index >= 15 is 0 Å². The molecule has 1 unspecified atom stereocenters. The lowest BCUT2D eigenvalue weighted by Crippen LogP contribution is -2.04. The number of hydrogen-bond acceptors (Lipinski definition) is 1. The van der Waals surface area contributed by atoms with Crippen molar-refractivity contribution in [3.05, 3.63) is 84.1 Å². The van der Waals surface area contributed by atoms with E-state index in [1.807, 2.05) is 42.5 Å². The summed E-state index contributed by atoms with van der Waals surface area (Å²) in [6.07, 6.45) is 4.27. The first-order valence-electron chi connectivity index (χ1n) is 9.32. The standard InChI is InChI=1S/C24H23NO/c1-3-9-17(2)25-16-22(20-13-6-7-15-23(20)25)24(26)21-14-8-11-18-10-4-5-12-19(18)21/h4-8,10-17H,3,9H2,1-2H3. The highest BCUT2D eigenvalue weighted by molar-refractivity contribution is 6.21. The van der Waals surface area contributed by atoms with Crippen molar-refractivity contribution in [2.75, 3.05) is 0 Å². The molecule has 0 spiro atoms. The van der Waals surface area contributed by atoms with Crippen LogP contribution in [0.5, 0.6) is 0 Å². The Morgan fingerprint density at radius 2 is 1.58 bits per heavy atom. The van der Waals surface area contributed by atoms with Crippen LogP contribution in [0.4, 0.5) is 0 Å². The average Bonchev–Trinajstić information content (AvgIpc) is 3.07. The molecule has 1 atom stereocenters. The molecule has 0 aliphatic rings. The second-order valence-electron chi connectivity index (χ2n) is 6.96. The van der Waals surface area contributed by atoms with Crippen molar-refractivity contribution >= 4 is 27.5 Å². The van der Waals surface area contributed by atoms with E-state index < -0.39 is 0 Å². The van der Waals surface area contributed by atoms with Gasteiger partial charge in [-0.25, -0.2) is 0 Å². The molecule has 0 fully saturated rings. The van der Waals surface area contributed by atoms with Crippen LogP contribution in [0.1, 0.15) is 48.7 Å². The first-order valence-corrected chi connectivity index (χ1v) is 9.32. The Balaban J connectivity index is 1.90. The fourth-order valence-corrected chi connectivity index (χ4v) is 3.88. The average molecular weight is 341 g/mol. The molecule has 26 heavy (non-hydrogen) atoms. The van der Waals surface area contributed by atoms with Gasteiger partial charge >= 0.3 is 0 Å². The van der Waals surface area contributed by atoms with Crippen molar-refractivity contribution in [1.29, 1.82) is 0 Å². The molecule has 0 bridgehead atoms. The number of nitrogens with zero attached hydrogens (tertiary/aromatic N) is 1. The third-order valence-corrected chi connectivity index (χ3v) is 5.20. The molecule has 1 aromatic heterocycles. The third kappa shape index (κ3) is 2.72. The minimum Gasteiger partial charge on any atom is -0.344 e. The first-order chi connectivity index (χ1) is 12.7. The number of aromatic nitrogens is 1. The molecule has 2 nitrogen and oxygen atoms in total. The Kier molecular flexibility index (Phi) is 4.34. The quantitative estimate of drug-likeness (QED) is 0.386. The smallest absolute Gasteiger partial charge is 0.195 e. The lowest BCUT2D eigenvalue weighted by molar-refractivity contribution is 0.104. The topological polar surface area (TPSA) is 22.0 Å². The predicted octanol–water partition coefficient (Wildman–Crippen LogP) is 6.39. The van der Waals surface area contributed by atoms with E-state index in [2.05, 4.69) is 48.9 Å². The van der Waals surface area contributed by atoms with E-state index in [4.69, 9.17) is 0 Å². The highest BCUT2D eigenvalue weighted by atomic mass is 16.1. The van der Waals surface area contributed by atoms with Crippen LogP contribution in [0.3, 0.4) is 0 Å². The van der Waals surface area contributed by atoms with Gasteiger partial charge in [0.15, 0.2) is 5.78 Å². The van der Waals surface area contributed by atoms with E-state index in [0.717, 1.165) is 45.6 Å². The molecule has 0 aliphatic carbocycles. The molecule has 0 saturated carbocycles. The molecule has 0 amide bonds. The van der Waals surface area contributed by atoms with E-state index in [0.29, 0.717) is 6.04 Å². The van der Waals surface area contributed by atoms with E-state index in [1.54, 1.807) is 0 Å². The van der Waals surface area contributed by atoms with Crippen molar-refractivity contribution in [3.63, 3.8) is 0 Å². The maximum absolute atomic E-state index is 13.5. The Bertz CT molecular complexity index is 1080. The van der Waals surface area contributed by atoms with Crippen LogP contribution in [0, 0.1) is 0 Å². The van der Waals surface area contributed by atoms with Gasteiger partial charge in [-0.3, -0.25) is 4.79 Å². The minimum atomic E-state index is 0.0976. The van der Waals surface area contributed by atoms with Gasteiger partial charge in [0.2, 0.25) is 0 Å². The Morgan fingerprint density at radius 1 is 0.885 bits per heavy atom. The van der Waals surface area contributed by atoms with Gasteiger partial charge in [-0.1, -0.05) is 74.0 Å². The predicted molar refractivity (Wildman–Crippen MR) is 109 cm³/mol. The summed E-state index contributed by atoms with van der Waals surface area (Å²) in [4.78, 5) is 13.5. The molecule has 130 valence electrons. The monoisotopic (exact) mass is 341 g/mol. The number of fused-ring (bicyclic) bond motifs is 2. The Morgan fingerprint density at radius 3 is 2.38 bits per heavy atom. The number of benzene rings is 3. The first kappa shape index (κ1) is 16.6. The fourth-order valence-electron chi connectivity index (χ4n) is 3.88. The molecule has 0 saturated heterocycles. The Labute approximate surface area is 154 Å². The highest BCUT2D eigenvalue weighted by Gasteiger charge is 2.19. The van der Waals surface area contributed by atoms with E-state index in [-0.39, 0.29) is 5.78 Å². The number of rotatable bonds is 5. The maximum Gasteiger partial charge on any atom is 0.195 e. The van der Waals surface area contributed by atoms with Gasteiger partial charge in [0.1, 0.15) is 0 Å². The van der Waals surface area contributed by atoms with Crippen molar-refractivity contribution in [1.82, 2.24) is 4.57 Å². The maximum atomic E-state index is 13.5. The van der Waals surface area contributed by atoms with Crippen LogP contribution in [0.25, 0.3) is 21.7 Å². The molecule has 2 heteroatoms. The molecule has 1 heterocycles. The lowest BCUT2D eigenvalue weighted by Gasteiger charge is -2.13. The molecule has 4 rings (SSSR count). The summed E-state index contributed by atoms with van der Waals surface area (Å²) < 4.78 is 2.26. The van der Waals surface area contributed by atoms with E-state index in [1.165, 1.54) is 0 Å². The molecule has 0 radical (unpaired) electrons. The van der Waals surface area contributed by atoms with Gasteiger partial charge in [-0.2, -0.15) is 0 Å². The number of para-hydroxylation sites is 1. The highest BCUT2D eigenvalue weighted by Crippen LogP contribution is 2.30. The second kappa shape index (κ2) is 6.80. The van der Waals surface area contributed by atoms with Crippen molar-refractivity contribution in [2.24, 2.45) is 0 Å².